The van der Waals surface area contributed by atoms with Gasteiger partial charge in [-0.2, -0.15) is 0 Å². The van der Waals surface area contributed by atoms with Crippen molar-refractivity contribution in [1.82, 2.24) is 5.32 Å². The minimum absolute atomic E-state index is 0.0445. The average Bonchev–Trinajstić information content (AvgIpc) is 2.80. The van der Waals surface area contributed by atoms with Gasteiger partial charge in [0, 0.05) is 17.9 Å². The first-order valence-corrected chi connectivity index (χ1v) is 12.7. The molecule has 0 aliphatic heterocycles. The van der Waals surface area contributed by atoms with Crippen molar-refractivity contribution in [1.29, 1.82) is 0 Å². The number of rotatable bonds is 10. The number of benzene rings is 3. The molecular weight excluding hydrogens is 513 g/mol. The molecule has 0 aliphatic rings. The largest absolute Gasteiger partial charge is 0.396 e. The standard InChI is InChI=1S/C23H25Cl2N5O4S/c24-19-11-15(12-20(25)22(19)26)21(31)13-28-10-9-14-1-3-17(4-2-14)30-35(33,34)18-7-5-16(6-8-18)29-23(27)32/h1-8,11-12,21,28,30-31H,9-10,13,26H2,(H3,27,29,32). The molecule has 0 heterocycles. The van der Waals surface area contributed by atoms with Crippen LogP contribution in [0.3, 0.4) is 0 Å². The van der Waals surface area contributed by atoms with Gasteiger partial charge in [-0.25, -0.2) is 13.2 Å². The summed E-state index contributed by atoms with van der Waals surface area (Å²) in [6, 6.07) is 15.0. The molecule has 8 N–H and O–H groups in total. The summed E-state index contributed by atoms with van der Waals surface area (Å²) in [5.74, 6) is 0. The molecule has 1 atom stereocenters. The van der Waals surface area contributed by atoms with Crippen molar-refractivity contribution in [3.63, 3.8) is 0 Å². The van der Waals surface area contributed by atoms with E-state index in [2.05, 4.69) is 15.4 Å². The fraction of sp³-hybridized carbons (Fsp3) is 0.174. The Kier molecular flexibility index (Phi) is 8.82. The second-order valence-electron chi connectivity index (χ2n) is 7.68. The van der Waals surface area contributed by atoms with Gasteiger partial charge in [0.2, 0.25) is 0 Å². The second-order valence-corrected chi connectivity index (χ2v) is 10.2. The molecule has 9 nitrogen and oxygen atoms in total. The molecule has 3 aromatic rings. The molecule has 0 saturated carbocycles. The number of aliphatic hydroxyl groups is 1. The highest BCUT2D eigenvalue weighted by Crippen LogP contribution is 2.31. The van der Waals surface area contributed by atoms with Crippen LogP contribution in [0.5, 0.6) is 0 Å². The summed E-state index contributed by atoms with van der Waals surface area (Å²) in [4.78, 5) is 10.9. The zero-order valence-corrected chi connectivity index (χ0v) is 20.8. The van der Waals surface area contributed by atoms with E-state index in [1.165, 1.54) is 24.3 Å². The first-order chi connectivity index (χ1) is 16.5. The van der Waals surface area contributed by atoms with E-state index in [1.54, 1.807) is 24.3 Å². The average molecular weight is 538 g/mol. The van der Waals surface area contributed by atoms with Gasteiger partial charge in [-0.15, -0.1) is 0 Å². The number of aliphatic hydroxyl groups excluding tert-OH is 1. The molecule has 12 heteroatoms. The molecular formula is C23H25Cl2N5O4S. The predicted molar refractivity (Wildman–Crippen MR) is 139 cm³/mol. The van der Waals surface area contributed by atoms with E-state index in [-0.39, 0.29) is 10.6 Å². The van der Waals surface area contributed by atoms with Gasteiger partial charge in [-0.1, -0.05) is 35.3 Å². The van der Waals surface area contributed by atoms with Crippen LogP contribution in [0.1, 0.15) is 17.2 Å². The Balaban J connectivity index is 1.49. The number of hydrogen-bond acceptors (Lipinski definition) is 6. The molecule has 186 valence electrons. The lowest BCUT2D eigenvalue weighted by Gasteiger charge is -2.14. The monoisotopic (exact) mass is 537 g/mol. The summed E-state index contributed by atoms with van der Waals surface area (Å²) < 4.78 is 27.7. The molecule has 0 aliphatic carbocycles. The fourth-order valence-corrected chi connectivity index (χ4v) is 4.76. The molecule has 3 aromatic carbocycles. The fourth-order valence-electron chi connectivity index (χ4n) is 3.20. The van der Waals surface area contributed by atoms with Crippen LogP contribution in [0, 0.1) is 0 Å². The van der Waals surface area contributed by atoms with Crippen LogP contribution in [0.4, 0.5) is 21.9 Å². The predicted octanol–water partition coefficient (Wildman–Crippen LogP) is 3.73. The Labute approximate surface area is 213 Å². The Bertz CT molecular complexity index is 1260. The van der Waals surface area contributed by atoms with E-state index in [9.17, 15) is 18.3 Å². The zero-order chi connectivity index (χ0) is 25.6. The van der Waals surface area contributed by atoms with Crippen molar-refractivity contribution in [3.05, 3.63) is 81.8 Å². The number of amides is 2. The number of carbonyl (C=O) groups excluding carboxylic acids is 1. The van der Waals surface area contributed by atoms with Crippen molar-refractivity contribution in [2.75, 3.05) is 28.9 Å². The lowest BCUT2D eigenvalue weighted by atomic mass is 10.1. The third kappa shape index (κ3) is 7.48. The molecule has 35 heavy (non-hydrogen) atoms. The molecule has 3 rings (SSSR count). The Morgan fingerprint density at radius 2 is 1.54 bits per heavy atom. The molecule has 0 saturated heterocycles. The number of urea groups is 1. The summed E-state index contributed by atoms with van der Waals surface area (Å²) in [7, 11) is -3.80. The van der Waals surface area contributed by atoms with Crippen LogP contribution in [-0.4, -0.2) is 32.6 Å². The van der Waals surface area contributed by atoms with Crippen molar-refractivity contribution in [2.24, 2.45) is 5.73 Å². The molecule has 0 bridgehead atoms. The Morgan fingerprint density at radius 1 is 0.971 bits per heavy atom. The Morgan fingerprint density at radius 3 is 2.11 bits per heavy atom. The number of hydrogen-bond donors (Lipinski definition) is 6. The number of nitrogen functional groups attached to an aromatic ring is 1. The number of primary amides is 1. The topological polar surface area (TPSA) is 160 Å². The smallest absolute Gasteiger partial charge is 0.316 e. The lowest BCUT2D eigenvalue weighted by molar-refractivity contribution is 0.175. The van der Waals surface area contributed by atoms with Crippen molar-refractivity contribution in [2.45, 2.75) is 17.4 Å². The maximum Gasteiger partial charge on any atom is 0.316 e. The number of sulfonamides is 1. The van der Waals surface area contributed by atoms with Gasteiger partial charge in [-0.3, -0.25) is 4.72 Å². The van der Waals surface area contributed by atoms with Crippen molar-refractivity contribution < 1.29 is 18.3 Å². The van der Waals surface area contributed by atoms with E-state index in [0.717, 1.165) is 5.56 Å². The van der Waals surface area contributed by atoms with Crippen LogP contribution in [0.15, 0.2) is 65.6 Å². The number of carbonyl (C=O) groups is 1. The van der Waals surface area contributed by atoms with Crippen LogP contribution >= 0.6 is 23.2 Å². The molecule has 2 amide bonds. The second kappa shape index (κ2) is 11.6. The maximum absolute atomic E-state index is 12.6. The third-order valence-electron chi connectivity index (χ3n) is 5.05. The first kappa shape index (κ1) is 26.6. The highest BCUT2D eigenvalue weighted by Gasteiger charge is 2.15. The minimum atomic E-state index is -3.80. The van der Waals surface area contributed by atoms with E-state index in [1.807, 2.05) is 12.1 Å². The van der Waals surface area contributed by atoms with E-state index in [4.69, 9.17) is 34.7 Å². The van der Waals surface area contributed by atoms with Gasteiger partial charge in [0.1, 0.15) is 0 Å². The van der Waals surface area contributed by atoms with E-state index >= 15 is 0 Å². The third-order valence-corrected chi connectivity index (χ3v) is 7.08. The lowest BCUT2D eigenvalue weighted by Crippen LogP contribution is -2.23. The number of anilines is 3. The number of nitrogens with two attached hydrogens (primary N) is 2. The van der Waals surface area contributed by atoms with Gasteiger partial charge < -0.3 is 27.2 Å². The molecule has 0 spiro atoms. The number of nitrogens with one attached hydrogen (secondary N) is 3. The van der Waals surface area contributed by atoms with Crippen LogP contribution in [0.2, 0.25) is 10.0 Å². The van der Waals surface area contributed by atoms with Gasteiger partial charge in [0.05, 0.1) is 26.7 Å². The highest BCUT2D eigenvalue weighted by molar-refractivity contribution is 7.92. The molecule has 0 aromatic heterocycles. The van der Waals surface area contributed by atoms with Crippen molar-refractivity contribution in [3.8, 4) is 0 Å². The molecule has 0 radical (unpaired) electrons. The summed E-state index contributed by atoms with van der Waals surface area (Å²) >= 11 is 12.0. The van der Waals surface area contributed by atoms with E-state index in [0.29, 0.717) is 46.5 Å². The number of halogens is 2. The summed E-state index contributed by atoms with van der Waals surface area (Å²) in [5.41, 5.74) is 13.4. The summed E-state index contributed by atoms with van der Waals surface area (Å²) in [6.07, 6.45) is -0.139. The SMILES string of the molecule is NC(=O)Nc1ccc(S(=O)(=O)Nc2ccc(CCNCC(O)c3cc(Cl)c(N)c(Cl)c3)cc2)cc1. The first-order valence-electron chi connectivity index (χ1n) is 10.5. The zero-order valence-electron chi connectivity index (χ0n) is 18.5. The van der Waals surface area contributed by atoms with Crippen molar-refractivity contribution >= 4 is 56.3 Å². The van der Waals surface area contributed by atoms with Gasteiger partial charge in [-0.05, 0) is 72.6 Å². The van der Waals surface area contributed by atoms with Crippen LogP contribution in [0.25, 0.3) is 0 Å². The molecule has 1 unspecified atom stereocenters. The van der Waals surface area contributed by atoms with Gasteiger partial charge >= 0.3 is 6.03 Å². The van der Waals surface area contributed by atoms with Gasteiger partial charge in [0.15, 0.2) is 0 Å². The minimum Gasteiger partial charge on any atom is -0.396 e. The molecule has 0 fully saturated rings. The Hall–Kier alpha value is -3.02. The summed E-state index contributed by atoms with van der Waals surface area (Å²) in [6.45, 7) is 0.881. The van der Waals surface area contributed by atoms with Crippen LogP contribution in [-0.2, 0) is 16.4 Å². The summed E-state index contributed by atoms with van der Waals surface area (Å²) in [5, 5.41) is 16.5. The maximum atomic E-state index is 12.6. The van der Waals surface area contributed by atoms with E-state index < -0.39 is 22.2 Å². The van der Waals surface area contributed by atoms with Crippen LogP contribution < -0.4 is 26.8 Å². The highest BCUT2D eigenvalue weighted by atomic mass is 35.5. The van der Waals surface area contributed by atoms with Gasteiger partial charge in [0.25, 0.3) is 10.0 Å². The quantitative estimate of drug-likeness (QED) is 0.170. The normalized spacial score (nSPS) is 12.2.